The normalized spacial score (nSPS) is 24.6. The van der Waals surface area contributed by atoms with Gasteiger partial charge >= 0.3 is 12.2 Å². The maximum atomic E-state index is 13.4. The maximum Gasteiger partial charge on any atom is 0.393 e. The first-order valence-electron chi connectivity index (χ1n) is 11.6. The van der Waals surface area contributed by atoms with Crippen LogP contribution in [0, 0.1) is 19.8 Å². The first kappa shape index (κ1) is 22.0. The number of carbonyl (C=O) groups excluding carboxylic acids is 1. The Balaban J connectivity index is 1.44. The number of anilines is 3. The minimum atomic E-state index is -4.21. The second-order valence-corrected chi connectivity index (χ2v) is 9.49. The third-order valence-electron chi connectivity index (χ3n) is 7.09. The van der Waals surface area contributed by atoms with E-state index in [-0.39, 0.29) is 31.0 Å². The molecule has 0 radical (unpaired) electrons. The molecule has 1 saturated heterocycles. The molecule has 9 heteroatoms. The van der Waals surface area contributed by atoms with Crippen LogP contribution < -0.4 is 15.1 Å². The molecule has 5 rings (SSSR count). The van der Waals surface area contributed by atoms with Crippen molar-refractivity contribution in [3.8, 4) is 0 Å². The van der Waals surface area contributed by atoms with Crippen molar-refractivity contribution in [3.05, 3.63) is 41.1 Å². The molecular weight excluding hydrogens is 431 g/mol. The molecule has 33 heavy (non-hydrogen) atoms. The monoisotopic (exact) mass is 459 g/mol. The number of amides is 2. The molecule has 2 amide bonds. The maximum absolute atomic E-state index is 13.4. The molecule has 3 unspecified atom stereocenters. The summed E-state index contributed by atoms with van der Waals surface area (Å²) in [5, 5.41) is 2.92. The number of aryl methyl sites for hydroxylation is 2. The summed E-state index contributed by atoms with van der Waals surface area (Å²) in [7, 11) is 0. The molecular formula is C24H28F3N5O. The van der Waals surface area contributed by atoms with Gasteiger partial charge in [-0.2, -0.15) is 13.2 Å². The van der Waals surface area contributed by atoms with E-state index in [1.165, 1.54) is 0 Å². The fourth-order valence-electron chi connectivity index (χ4n) is 5.65. The van der Waals surface area contributed by atoms with Gasteiger partial charge in [0.25, 0.3) is 0 Å². The number of carbonyl (C=O) groups is 1. The highest BCUT2D eigenvalue weighted by Gasteiger charge is 2.46. The highest BCUT2D eigenvalue weighted by atomic mass is 19.4. The number of aromatic nitrogens is 2. The van der Waals surface area contributed by atoms with Gasteiger partial charge in [-0.1, -0.05) is 12.5 Å². The summed E-state index contributed by atoms with van der Waals surface area (Å²) in [6.45, 7) is 4.26. The van der Waals surface area contributed by atoms with Crippen molar-refractivity contribution in [2.45, 2.75) is 64.1 Å². The van der Waals surface area contributed by atoms with Gasteiger partial charge in [-0.15, -0.1) is 0 Å². The molecule has 0 bridgehead atoms. The number of pyridine rings is 2. The zero-order valence-electron chi connectivity index (χ0n) is 18.8. The van der Waals surface area contributed by atoms with Crippen LogP contribution in [0.4, 0.5) is 35.4 Å². The van der Waals surface area contributed by atoms with Crippen molar-refractivity contribution in [3.63, 3.8) is 0 Å². The molecule has 176 valence electrons. The Morgan fingerprint density at radius 2 is 1.91 bits per heavy atom. The number of fused-ring (bicyclic) bond motifs is 3. The molecule has 1 aliphatic carbocycles. The van der Waals surface area contributed by atoms with Gasteiger partial charge in [0.1, 0.15) is 17.5 Å². The quantitative estimate of drug-likeness (QED) is 0.639. The molecule has 2 aromatic heterocycles. The molecule has 0 spiro atoms. The summed E-state index contributed by atoms with van der Waals surface area (Å²) < 4.78 is 40.0. The minimum absolute atomic E-state index is 0.0120. The summed E-state index contributed by atoms with van der Waals surface area (Å²) in [4.78, 5) is 26.0. The molecule has 4 heterocycles. The Morgan fingerprint density at radius 1 is 1.09 bits per heavy atom. The highest BCUT2D eigenvalue weighted by Crippen LogP contribution is 2.49. The SMILES string of the molecule is Cc1cc(C)nc(NC(=O)N2c3nc(N4CCCC(C(F)(F)F)C4)ccc3C3CCCC32)c1. The molecule has 2 aliphatic heterocycles. The van der Waals surface area contributed by atoms with E-state index >= 15 is 0 Å². The van der Waals surface area contributed by atoms with Crippen molar-refractivity contribution in [2.75, 3.05) is 28.2 Å². The van der Waals surface area contributed by atoms with E-state index < -0.39 is 12.1 Å². The van der Waals surface area contributed by atoms with Crippen LogP contribution in [0.15, 0.2) is 24.3 Å². The van der Waals surface area contributed by atoms with E-state index in [2.05, 4.69) is 10.3 Å². The number of alkyl halides is 3. The minimum Gasteiger partial charge on any atom is -0.356 e. The summed E-state index contributed by atoms with van der Waals surface area (Å²) in [6, 6.07) is 7.26. The van der Waals surface area contributed by atoms with Gasteiger partial charge in [0.15, 0.2) is 0 Å². The first-order chi connectivity index (χ1) is 15.7. The fourth-order valence-corrected chi connectivity index (χ4v) is 5.65. The number of rotatable bonds is 2. The van der Waals surface area contributed by atoms with Crippen LogP contribution in [0.3, 0.4) is 0 Å². The lowest BCUT2D eigenvalue weighted by atomic mass is 9.97. The predicted octanol–water partition coefficient (Wildman–Crippen LogP) is 5.56. The first-order valence-corrected chi connectivity index (χ1v) is 11.6. The van der Waals surface area contributed by atoms with Crippen LogP contribution in [0.1, 0.15) is 54.8 Å². The van der Waals surface area contributed by atoms with Gasteiger partial charge in [-0.25, -0.2) is 14.8 Å². The van der Waals surface area contributed by atoms with Gasteiger partial charge in [0.05, 0.1) is 5.92 Å². The van der Waals surface area contributed by atoms with Crippen molar-refractivity contribution in [1.82, 2.24) is 9.97 Å². The number of piperidine rings is 1. The Labute approximate surface area is 191 Å². The van der Waals surface area contributed by atoms with Gasteiger partial charge in [-0.05, 0) is 63.3 Å². The molecule has 2 aromatic rings. The van der Waals surface area contributed by atoms with Gasteiger partial charge in [-0.3, -0.25) is 10.2 Å². The van der Waals surface area contributed by atoms with Gasteiger partial charge in [0.2, 0.25) is 0 Å². The van der Waals surface area contributed by atoms with E-state index in [0.717, 1.165) is 36.1 Å². The Kier molecular flexibility index (Phi) is 5.45. The smallest absolute Gasteiger partial charge is 0.356 e. The van der Waals surface area contributed by atoms with Crippen molar-refractivity contribution < 1.29 is 18.0 Å². The number of nitrogens with one attached hydrogen (secondary N) is 1. The number of nitrogens with zero attached hydrogens (tertiary/aromatic N) is 4. The van der Waals surface area contributed by atoms with Crippen LogP contribution >= 0.6 is 0 Å². The number of hydrogen-bond donors (Lipinski definition) is 1. The van der Waals surface area contributed by atoms with E-state index in [1.54, 1.807) is 9.80 Å². The van der Waals surface area contributed by atoms with Crippen LogP contribution in [-0.4, -0.2) is 41.3 Å². The number of halogens is 3. The van der Waals surface area contributed by atoms with Crippen molar-refractivity contribution in [1.29, 1.82) is 0 Å². The van der Waals surface area contributed by atoms with E-state index in [0.29, 0.717) is 30.4 Å². The van der Waals surface area contributed by atoms with Crippen LogP contribution in [0.2, 0.25) is 0 Å². The van der Waals surface area contributed by atoms with E-state index in [1.807, 2.05) is 38.1 Å². The lowest BCUT2D eigenvalue weighted by molar-refractivity contribution is -0.176. The summed E-state index contributed by atoms with van der Waals surface area (Å²) in [5.74, 6) is 0.420. The lowest BCUT2D eigenvalue weighted by Crippen LogP contribution is -2.43. The van der Waals surface area contributed by atoms with Gasteiger partial charge < -0.3 is 4.90 Å². The van der Waals surface area contributed by atoms with Crippen LogP contribution in [0.5, 0.6) is 0 Å². The van der Waals surface area contributed by atoms with E-state index in [9.17, 15) is 18.0 Å². The number of hydrogen-bond acceptors (Lipinski definition) is 4. The molecule has 2 fully saturated rings. The third-order valence-corrected chi connectivity index (χ3v) is 7.09. The molecule has 1 saturated carbocycles. The fraction of sp³-hybridized carbons (Fsp3) is 0.542. The standard InChI is InChI=1S/C24H28F3N5O/c1-14-11-15(2)28-20(12-14)29-23(33)32-19-7-3-6-17(19)18-8-9-21(30-22(18)32)31-10-4-5-16(13-31)24(25,26)27/h8-9,11-12,16-17,19H,3-7,10,13H2,1-2H3,(H,28,29,33). The molecule has 3 aliphatic rings. The summed E-state index contributed by atoms with van der Waals surface area (Å²) >= 11 is 0. The third kappa shape index (κ3) is 4.13. The average molecular weight is 460 g/mol. The summed E-state index contributed by atoms with van der Waals surface area (Å²) in [6.07, 6.45) is -0.712. The van der Waals surface area contributed by atoms with Crippen LogP contribution in [-0.2, 0) is 0 Å². The second-order valence-electron chi connectivity index (χ2n) is 9.49. The second kappa shape index (κ2) is 8.18. The van der Waals surface area contributed by atoms with Crippen LogP contribution in [0.25, 0.3) is 0 Å². The summed E-state index contributed by atoms with van der Waals surface area (Å²) in [5.41, 5.74) is 2.83. The lowest BCUT2D eigenvalue weighted by Gasteiger charge is -2.35. The molecule has 6 nitrogen and oxygen atoms in total. The van der Waals surface area contributed by atoms with E-state index in [4.69, 9.17) is 4.98 Å². The topological polar surface area (TPSA) is 61.4 Å². The molecule has 0 aromatic carbocycles. The largest absolute Gasteiger partial charge is 0.393 e. The highest BCUT2D eigenvalue weighted by molar-refractivity contribution is 6.03. The molecule has 3 atom stereocenters. The predicted molar refractivity (Wildman–Crippen MR) is 121 cm³/mol. The van der Waals surface area contributed by atoms with Crippen molar-refractivity contribution >= 4 is 23.5 Å². The van der Waals surface area contributed by atoms with Crippen molar-refractivity contribution in [2.24, 2.45) is 5.92 Å². The Hall–Kier alpha value is -2.84. The average Bonchev–Trinajstić information content (AvgIpc) is 3.32. The number of urea groups is 1. The Morgan fingerprint density at radius 3 is 2.67 bits per heavy atom. The Bertz CT molecular complexity index is 1050. The van der Waals surface area contributed by atoms with Gasteiger partial charge in [0, 0.05) is 36.3 Å². The zero-order valence-corrected chi connectivity index (χ0v) is 18.8. The zero-order chi connectivity index (χ0) is 23.3. The molecule has 1 N–H and O–H groups in total.